The van der Waals surface area contributed by atoms with Crippen LogP contribution < -0.4 is 13.9 Å². The summed E-state index contributed by atoms with van der Waals surface area (Å²) in [4.78, 5) is 5.01. The minimum absolute atomic E-state index is 0.0553. The van der Waals surface area contributed by atoms with Crippen LogP contribution in [0.3, 0.4) is 0 Å². The summed E-state index contributed by atoms with van der Waals surface area (Å²) in [5.41, 5.74) is 13.6. The molecule has 2 atom stereocenters. The maximum absolute atomic E-state index is 6.79. The number of aromatic nitrogens is 3. The van der Waals surface area contributed by atoms with Crippen LogP contribution in [0, 0.1) is 20.5 Å². The molecule has 6 heteroatoms. The number of nitrogens with zero attached hydrogens (tertiary/aromatic N) is 5. The second-order valence-corrected chi connectivity index (χ2v) is 17.7. The van der Waals surface area contributed by atoms with Crippen molar-refractivity contribution in [3.63, 3.8) is 0 Å². The molecule has 1 saturated heterocycles. The van der Waals surface area contributed by atoms with Gasteiger partial charge in [0.2, 0.25) is 17.3 Å². The summed E-state index contributed by atoms with van der Waals surface area (Å²) in [5.74, 6) is 2.42. The van der Waals surface area contributed by atoms with E-state index in [1.54, 1.807) is 0 Å². The van der Waals surface area contributed by atoms with E-state index in [0.29, 0.717) is 9.18 Å². The molecule has 0 spiro atoms. The molecule has 56 heavy (non-hydrogen) atoms. The Morgan fingerprint density at radius 3 is 1.88 bits per heavy atom. The summed E-state index contributed by atoms with van der Waals surface area (Å²) in [6.45, 7) is 20.5. The average Bonchev–Trinajstić information content (AvgIpc) is 3.35. The van der Waals surface area contributed by atoms with Gasteiger partial charge in [0.1, 0.15) is 11.5 Å². The van der Waals surface area contributed by atoms with Crippen molar-refractivity contribution in [2.75, 3.05) is 0 Å². The van der Waals surface area contributed by atoms with E-state index in [1.165, 1.54) is 50.4 Å². The maximum Gasteiger partial charge on any atom is 0.225 e. The first-order chi connectivity index (χ1) is 26.8. The van der Waals surface area contributed by atoms with Gasteiger partial charge in [-0.15, -0.1) is 0 Å². The molecule has 10 rings (SSSR count). The summed E-state index contributed by atoms with van der Waals surface area (Å²) in [6, 6.07) is 46.2. The molecule has 8 aromatic rings. The smallest absolute Gasteiger partial charge is 0.225 e. The molecule has 6 nitrogen and oxygen atoms in total. The highest BCUT2D eigenvalue weighted by molar-refractivity contribution is 6.09. The molecular formula is C50H48N5O+. The van der Waals surface area contributed by atoms with E-state index >= 15 is 0 Å². The quantitative estimate of drug-likeness (QED) is 0.0968. The first-order valence-electron chi connectivity index (χ1n) is 19.7. The zero-order chi connectivity index (χ0) is 38.8. The lowest BCUT2D eigenvalue weighted by Gasteiger charge is -2.40. The Balaban J connectivity index is 1.05. The molecule has 6 aromatic carbocycles. The van der Waals surface area contributed by atoms with Gasteiger partial charge in [-0.25, -0.2) is 4.98 Å². The van der Waals surface area contributed by atoms with Crippen LogP contribution in [0.1, 0.15) is 63.8 Å². The fraction of sp³-hybridized carbons (Fsp3) is 0.200. The molecule has 0 N–H and O–H groups in total. The molecule has 4 heterocycles. The molecule has 2 aromatic heterocycles. The highest BCUT2D eigenvalue weighted by Gasteiger charge is 2.77. The van der Waals surface area contributed by atoms with Crippen molar-refractivity contribution in [2.24, 2.45) is 0 Å². The predicted octanol–water partition coefficient (Wildman–Crippen LogP) is 13.3. The molecule has 2 aliphatic heterocycles. The molecule has 0 bridgehead atoms. The number of hydrogen-bond donors (Lipinski definition) is 0. The largest absolute Gasteiger partial charge is 0.457 e. The third kappa shape index (κ3) is 4.85. The van der Waals surface area contributed by atoms with E-state index < -0.39 is 0 Å². The van der Waals surface area contributed by atoms with Crippen LogP contribution >= 0.6 is 0 Å². The topological polar surface area (TPSA) is 32.0 Å². The minimum atomic E-state index is 0.0553. The van der Waals surface area contributed by atoms with Gasteiger partial charge in [-0.1, -0.05) is 102 Å². The fourth-order valence-corrected chi connectivity index (χ4v) is 9.17. The molecule has 1 fully saturated rings. The van der Waals surface area contributed by atoms with Gasteiger partial charge in [0, 0.05) is 65.6 Å². The zero-order valence-electron chi connectivity index (χ0n) is 33.5. The van der Waals surface area contributed by atoms with Gasteiger partial charge >= 0.3 is 0 Å². The molecule has 2 aliphatic rings. The van der Waals surface area contributed by atoms with Crippen LogP contribution in [-0.2, 0) is 10.8 Å². The Morgan fingerprint density at radius 1 is 0.571 bits per heavy atom. The number of fused-ring (bicyclic) bond motifs is 7. The van der Waals surface area contributed by atoms with Gasteiger partial charge in [0.25, 0.3) is 0 Å². The van der Waals surface area contributed by atoms with Crippen molar-refractivity contribution >= 4 is 44.6 Å². The van der Waals surface area contributed by atoms with E-state index in [0.717, 1.165) is 39.6 Å². The van der Waals surface area contributed by atoms with Gasteiger partial charge in [-0.05, 0) is 71.2 Å². The highest BCUT2D eigenvalue weighted by atomic mass is 16.5. The normalized spacial score (nSPS) is 18.8. The molecule has 0 amide bonds. The van der Waals surface area contributed by atoms with Crippen molar-refractivity contribution in [3.8, 4) is 23.1 Å². The van der Waals surface area contributed by atoms with Gasteiger partial charge in [-0.2, -0.15) is 9.18 Å². The highest BCUT2D eigenvalue weighted by Crippen LogP contribution is 2.75. The molecule has 278 valence electrons. The van der Waals surface area contributed by atoms with Crippen LogP contribution in [0.15, 0.2) is 140 Å². The minimum Gasteiger partial charge on any atom is -0.457 e. The van der Waals surface area contributed by atoms with Gasteiger partial charge in [-0.3, -0.25) is 9.13 Å². The van der Waals surface area contributed by atoms with Crippen LogP contribution in [-0.4, -0.2) is 14.1 Å². The number of quaternary nitrogens is 2. The number of aryl methyl sites for hydroxylation is 2. The lowest BCUT2D eigenvalue weighted by molar-refractivity contribution is 0.423. The molecule has 0 saturated carbocycles. The van der Waals surface area contributed by atoms with Gasteiger partial charge in [0.15, 0.2) is 18.0 Å². The second-order valence-electron chi connectivity index (χ2n) is 17.7. The zero-order valence-corrected chi connectivity index (χ0v) is 33.5. The summed E-state index contributed by atoms with van der Waals surface area (Å²) < 4.78 is 12.6. The number of rotatable bonds is 6. The van der Waals surface area contributed by atoms with Crippen molar-refractivity contribution in [2.45, 2.75) is 66.2 Å². The summed E-state index contributed by atoms with van der Waals surface area (Å²) >= 11 is 0. The van der Waals surface area contributed by atoms with Crippen molar-refractivity contribution in [1.82, 2.24) is 23.3 Å². The number of ether oxygens (including phenoxy) is 1. The summed E-state index contributed by atoms with van der Waals surface area (Å²) in [5, 5.41) is 2.33. The van der Waals surface area contributed by atoms with Crippen LogP contribution in [0.5, 0.6) is 11.5 Å². The molecule has 0 aliphatic carbocycles. The molecule has 1 unspecified atom stereocenters. The van der Waals surface area contributed by atoms with Gasteiger partial charge < -0.3 is 4.74 Å². The fourth-order valence-electron chi connectivity index (χ4n) is 9.17. The lowest BCUT2D eigenvalue weighted by Crippen LogP contribution is -2.46. The van der Waals surface area contributed by atoms with Crippen LogP contribution in [0.2, 0.25) is 0 Å². The average molecular weight is 735 g/mol. The number of benzene rings is 6. The van der Waals surface area contributed by atoms with Crippen molar-refractivity contribution in [1.29, 1.82) is 0 Å². The Kier molecular flexibility index (Phi) is 7.26. The Labute approximate surface area is 329 Å². The van der Waals surface area contributed by atoms with Crippen molar-refractivity contribution in [3.05, 3.63) is 169 Å². The molecular weight excluding hydrogens is 687 g/mol. The Hall–Kier alpha value is -5.95. The summed E-state index contributed by atoms with van der Waals surface area (Å²) in [6.07, 6.45) is 3.98. The van der Waals surface area contributed by atoms with Crippen LogP contribution in [0.4, 0.5) is 22.7 Å². The van der Waals surface area contributed by atoms with E-state index in [9.17, 15) is 0 Å². The monoisotopic (exact) mass is 734 g/mol. The lowest BCUT2D eigenvalue weighted by atomic mass is 9.85. The molecule has 0 radical (unpaired) electrons. The Morgan fingerprint density at radius 2 is 1.18 bits per heavy atom. The number of para-hydroxylation sites is 3. The maximum atomic E-state index is 6.79. The third-order valence-electron chi connectivity index (χ3n) is 12.0. The first-order valence-corrected chi connectivity index (χ1v) is 19.7. The van der Waals surface area contributed by atoms with Gasteiger partial charge in [0.05, 0.1) is 16.7 Å². The van der Waals surface area contributed by atoms with Crippen molar-refractivity contribution < 1.29 is 4.74 Å². The number of hydrogen-bond acceptors (Lipinski definition) is 2. The van der Waals surface area contributed by atoms with Crippen LogP contribution in [0.25, 0.3) is 33.4 Å². The van der Waals surface area contributed by atoms with E-state index in [4.69, 9.17) is 9.72 Å². The second kappa shape index (κ2) is 11.8. The number of imidazole rings is 1. The van der Waals surface area contributed by atoms with E-state index in [-0.39, 0.29) is 10.8 Å². The Bertz CT molecular complexity index is 2860. The summed E-state index contributed by atoms with van der Waals surface area (Å²) in [7, 11) is 0. The SMILES string of the molecule is Cc1cc(C(C)(C)C)cc(C)c1-n1ccnc1-n1c2ccccc2c2ccc(Oc3cccc([N+]45[CH-][N@+]4(c4cccc(C(C)(C)C)c4)c4ccccc45)c3)cc21. The first kappa shape index (κ1) is 34.5. The standard InChI is InChI=1S/C50H48N5O/c1-33-27-36(50(6,7)8)28-34(2)47(33)52-26-25-51-48(52)53-43-20-10-9-19-41(43)42-24-23-40(31-44(42)53)56-39-18-14-17-38(30-39)55-32-54(55,45-21-11-12-22-46(45)55)37-16-13-15-35(29-37)49(3,4)5/h9-32H,1-8H3/q+1/t54-,55?/m0/s1. The van der Waals surface area contributed by atoms with E-state index in [1.807, 2.05) is 6.20 Å². The predicted molar refractivity (Wildman–Crippen MR) is 231 cm³/mol. The van der Waals surface area contributed by atoms with E-state index in [2.05, 4.69) is 205 Å². The third-order valence-corrected chi connectivity index (χ3v) is 12.0.